The molecule has 2 aromatic carbocycles. The third-order valence-electron chi connectivity index (χ3n) is 4.62. The topological polar surface area (TPSA) is 75.2 Å². The largest absolute Gasteiger partial charge is 0.497 e. The van der Waals surface area contributed by atoms with Crippen molar-refractivity contribution < 1.29 is 14.6 Å². The van der Waals surface area contributed by atoms with Crippen LogP contribution in [0.25, 0.3) is 22.6 Å². The maximum absolute atomic E-state index is 11.3. The van der Waals surface area contributed by atoms with Crippen molar-refractivity contribution in [1.82, 2.24) is 9.97 Å². The molecule has 2 N–H and O–H groups in total. The smallest absolute Gasteiger partial charge is 0.307 e. The van der Waals surface area contributed by atoms with Crippen LogP contribution in [0, 0.1) is 5.92 Å². The van der Waals surface area contributed by atoms with Crippen LogP contribution in [-0.4, -0.2) is 28.2 Å². The second-order valence-corrected chi connectivity index (χ2v) is 6.23. The van der Waals surface area contributed by atoms with Gasteiger partial charge in [0.15, 0.2) is 0 Å². The monoisotopic (exact) mass is 334 g/mol. The number of benzene rings is 2. The molecule has 0 spiro atoms. The lowest BCUT2D eigenvalue weighted by Gasteiger charge is -2.04. The van der Waals surface area contributed by atoms with Gasteiger partial charge in [0.25, 0.3) is 0 Å². The Morgan fingerprint density at radius 3 is 2.44 bits per heavy atom. The number of carbonyl (C=O) groups is 1. The van der Waals surface area contributed by atoms with Crippen LogP contribution in [0.1, 0.15) is 18.0 Å². The van der Waals surface area contributed by atoms with E-state index in [2.05, 4.69) is 4.98 Å². The summed E-state index contributed by atoms with van der Waals surface area (Å²) in [4.78, 5) is 19.4. The number of aromatic amines is 1. The number of aromatic nitrogens is 2. The molecule has 0 saturated heterocycles. The molecule has 5 nitrogen and oxygen atoms in total. The van der Waals surface area contributed by atoms with E-state index in [1.165, 1.54) is 0 Å². The number of H-pyrrole nitrogens is 1. The maximum Gasteiger partial charge on any atom is 0.307 e. The first-order valence-electron chi connectivity index (χ1n) is 8.20. The van der Waals surface area contributed by atoms with Crippen LogP contribution in [0.2, 0.25) is 0 Å². The highest BCUT2D eigenvalue weighted by atomic mass is 16.5. The minimum absolute atomic E-state index is 0.0386. The molecular weight excluding hydrogens is 316 g/mol. The Morgan fingerprint density at radius 1 is 1.12 bits per heavy atom. The first-order chi connectivity index (χ1) is 12.2. The molecule has 4 rings (SSSR count). The minimum Gasteiger partial charge on any atom is -0.497 e. The minimum atomic E-state index is -0.755. The number of hydrogen-bond acceptors (Lipinski definition) is 3. The number of aliphatic carboxylic acids is 1. The van der Waals surface area contributed by atoms with Gasteiger partial charge < -0.3 is 14.8 Å². The number of rotatable bonds is 5. The van der Waals surface area contributed by atoms with Gasteiger partial charge in [0.1, 0.15) is 11.6 Å². The summed E-state index contributed by atoms with van der Waals surface area (Å²) in [6.45, 7) is 0. The lowest BCUT2D eigenvalue weighted by Crippen LogP contribution is -1.99. The highest BCUT2D eigenvalue weighted by Gasteiger charge is 2.47. The summed E-state index contributed by atoms with van der Waals surface area (Å²) < 4.78 is 5.21. The zero-order valence-electron chi connectivity index (χ0n) is 13.8. The van der Waals surface area contributed by atoms with E-state index in [4.69, 9.17) is 9.72 Å². The first kappa shape index (κ1) is 15.4. The molecule has 1 saturated carbocycles. The molecule has 0 aliphatic heterocycles. The summed E-state index contributed by atoms with van der Waals surface area (Å²) in [6.07, 6.45) is 0.636. The van der Waals surface area contributed by atoms with Gasteiger partial charge in [0.2, 0.25) is 0 Å². The van der Waals surface area contributed by atoms with Crippen molar-refractivity contribution in [3.05, 3.63) is 60.3 Å². The van der Waals surface area contributed by atoms with Gasteiger partial charge in [-0.3, -0.25) is 4.79 Å². The zero-order chi connectivity index (χ0) is 17.4. The Bertz CT molecular complexity index is 900. The van der Waals surface area contributed by atoms with Crippen molar-refractivity contribution >= 4 is 5.97 Å². The molecule has 2 unspecified atom stereocenters. The van der Waals surface area contributed by atoms with Gasteiger partial charge in [-0.15, -0.1) is 0 Å². The highest BCUT2D eigenvalue weighted by Crippen LogP contribution is 2.50. The quantitative estimate of drug-likeness (QED) is 0.741. The summed E-state index contributed by atoms with van der Waals surface area (Å²) in [7, 11) is 1.63. The normalized spacial score (nSPS) is 18.8. The van der Waals surface area contributed by atoms with Gasteiger partial charge >= 0.3 is 5.97 Å². The molecule has 1 aliphatic carbocycles. The van der Waals surface area contributed by atoms with E-state index < -0.39 is 5.97 Å². The fraction of sp³-hybridized carbons (Fsp3) is 0.200. The van der Waals surface area contributed by atoms with E-state index >= 15 is 0 Å². The molecule has 1 aliphatic rings. The Balaban J connectivity index is 1.78. The number of imidazole rings is 1. The van der Waals surface area contributed by atoms with Crippen LogP contribution in [0.3, 0.4) is 0 Å². The SMILES string of the molecule is COc1ccc(-c2[nH]c(-c3ccccc3)nc2C2CC2C(=O)O)cc1. The van der Waals surface area contributed by atoms with Crippen LogP contribution in [-0.2, 0) is 4.79 Å². The molecule has 1 aromatic heterocycles. The fourth-order valence-corrected chi connectivity index (χ4v) is 3.14. The van der Waals surface area contributed by atoms with Crippen molar-refractivity contribution in [3.63, 3.8) is 0 Å². The van der Waals surface area contributed by atoms with Crippen molar-refractivity contribution in [3.8, 4) is 28.4 Å². The second kappa shape index (κ2) is 6.09. The molecule has 0 radical (unpaired) electrons. The Hall–Kier alpha value is -3.08. The third-order valence-corrected chi connectivity index (χ3v) is 4.62. The van der Waals surface area contributed by atoms with Gasteiger partial charge in [0, 0.05) is 17.0 Å². The van der Waals surface area contributed by atoms with E-state index in [0.717, 1.165) is 34.1 Å². The number of nitrogens with zero attached hydrogens (tertiary/aromatic N) is 1. The molecule has 1 heterocycles. The lowest BCUT2D eigenvalue weighted by molar-refractivity contribution is -0.138. The van der Waals surface area contributed by atoms with E-state index in [9.17, 15) is 9.90 Å². The molecule has 2 atom stereocenters. The van der Waals surface area contributed by atoms with Crippen LogP contribution in [0.15, 0.2) is 54.6 Å². The van der Waals surface area contributed by atoms with Crippen LogP contribution in [0.5, 0.6) is 5.75 Å². The summed E-state index contributed by atoms with van der Waals surface area (Å²) in [6, 6.07) is 17.6. The predicted molar refractivity (Wildman–Crippen MR) is 94.5 cm³/mol. The molecular formula is C20H18N2O3. The molecule has 3 aromatic rings. The van der Waals surface area contributed by atoms with Crippen LogP contribution >= 0.6 is 0 Å². The van der Waals surface area contributed by atoms with Crippen molar-refractivity contribution in [2.75, 3.05) is 7.11 Å². The molecule has 1 fully saturated rings. The number of ether oxygens (including phenoxy) is 1. The number of nitrogens with one attached hydrogen (secondary N) is 1. The van der Waals surface area contributed by atoms with Gasteiger partial charge in [-0.2, -0.15) is 0 Å². The van der Waals surface area contributed by atoms with Gasteiger partial charge in [-0.25, -0.2) is 4.98 Å². The van der Waals surface area contributed by atoms with Crippen LogP contribution < -0.4 is 4.74 Å². The van der Waals surface area contributed by atoms with Crippen molar-refractivity contribution in [2.24, 2.45) is 5.92 Å². The third kappa shape index (κ3) is 2.89. The Kier molecular flexibility index (Phi) is 3.76. The van der Waals surface area contributed by atoms with Crippen molar-refractivity contribution in [1.29, 1.82) is 0 Å². The lowest BCUT2D eigenvalue weighted by atomic mass is 10.1. The predicted octanol–water partition coefficient (Wildman–Crippen LogP) is 3.94. The summed E-state index contributed by atoms with van der Waals surface area (Å²) >= 11 is 0. The Morgan fingerprint density at radius 2 is 1.84 bits per heavy atom. The number of carboxylic acids is 1. The molecule has 126 valence electrons. The van der Waals surface area contributed by atoms with Crippen molar-refractivity contribution in [2.45, 2.75) is 12.3 Å². The summed E-state index contributed by atoms with van der Waals surface area (Å²) in [5.74, 6) is 0.405. The van der Waals surface area contributed by atoms with E-state index in [0.29, 0.717) is 6.42 Å². The van der Waals surface area contributed by atoms with E-state index in [-0.39, 0.29) is 11.8 Å². The van der Waals surface area contributed by atoms with E-state index in [1.807, 2.05) is 54.6 Å². The highest BCUT2D eigenvalue weighted by molar-refractivity contribution is 5.77. The van der Waals surface area contributed by atoms with Gasteiger partial charge in [-0.05, 0) is 30.7 Å². The Labute approximate surface area is 145 Å². The summed E-state index contributed by atoms with van der Waals surface area (Å²) in [5.41, 5.74) is 3.67. The van der Waals surface area contributed by atoms with Gasteiger partial charge in [0.05, 0.1) is 24.4 Å². The first-order valence-corrected chi connectivity index (χ1v) is 8.20. The molecule has 0 amide bonds. The number of carboxylic acid groups (broad SMARTS) is 1. The average Bonchev–Trinajstić information content (AvgIpc) is 3.34. The molecule has 5 heteroatoms. The standard InChI is InChI=1S/C20H18N2O3/c1-25-14-9-7-12(8-10-14)17-18(15-11-16(15)20(23)24)22-19(21-17)13-5-3-2-4-6-13/h2-10,15-16H,11H2,1H3,(H,21,22)(H,23,24). The zero-order valence-corrected chi connectivity index (χ0v) is 13.8. The number of methoxy groups -OCH3 is 1. The summed E-state index contributed by atoms with van der Waals surface area (Å²) in [5, 5.41) is 9.28. The molecule has 25 heavy (non-hydrogen) atoms. The number of hydrogen-bond donors (Lipinski definition) is 2. The van der Waals surface area contributed by atoms with E-state index in [1.54, 1.807) is 7.11 Å². The molecule has 0 bridgehead atoms. The fourth-order valence-electron chi connectivity index (χ4n) is 3.14. The average molecular weight is 334 g/mol. The maximum atomic E-state index is 11.3. The van der Waals surface area contributed by atoms with Crippen LogP contribution in [0.4, 0.5) is 0 Å². The second-order valence-electron chi connectivity index (χ2n) is 6.23. The van der Waals surface area contributed by atoms with Gasteiger partial charge in [-0.1, -0.05) is 30.3 Å².